The highest BCUT2D eigenvalue weighted by atomic mass is 28.4. The molecular weight excluding hydrogens is 448 g/mol. The van der Waals surface area contributed by atoms with Gasteiger partial charge in [-0.05, 0) is 25.6 Å². The molecule has 0 unspecified atom stereocenters. The van der Waals surface area contributed by atoms with Gasteiger partial charge in [0.05, 0.1) is 106 Å². The predicted molar refractivity (Wildman–Crippen MR) is 131 cm³/mol. The van der Waals surface area contributed by atoms with Crippen LogP contribution in [0.15, 0.2) is 0 Å². The van der Waals surface area contributed by atoms with Crippen LogP contribution in [0.2, 0.25) is 19.6 Å². The summed E-state index contributed by atoms with van der Waals surface area (Å²) in [4.78, 5) is 0. The Morgan fingerprint density at radius 1 is 0.394 bits per heavy atom. The Labute approximate surface area is 202 Å². The second-order valence-corrected chi connectivity index (χ2v) is 13.2. The third-order valence-electron chi connectivity index (χ3n) is 3.82. The van der Waals surface area contributed by atoms with Gasteiger partial charge >= 0.3 is 0 Å². The molecule has 9 nitrogen and oxygen atoms in total. The molecule has 0 aliphatic carbocycles. The second kappa shape index (κ2) is 25.0. The largest absolute Gasteiger partial charge is 0.415 e. The highest BCUT2D eigenvalue weighted by molar-refractivity contribution is 6.69. The van der Waals surface area contributed by atoms with Crippen LogP contribution < -0.4 is 0 Å². The molecule has 0 atom stereocenters. The van der Waals surface area contributed by atoms with Gasteiger partial charge in [-0.25, -0.2) is 0 Å². The van der Waals surface area contributed by atoms with Crippen LogP contribution in [-0.4, -0.2) is 121 Å². The standard InChI is InChI=1S/C23H50O9Si/c1-23(2)22-31-19-18-29-15-14-27-11-10-25-7-6-24-8-9-26-12-13-28-16-17-30-20-21-32-33(3,4)5/h23H,6-22H2,1-5H3. The van der Waals surface area contributed by atoms with E-state index in [4.69, 9.17) is 42.3 Å². The molecule has 0 amide bonds. The van der Waals surface area contributed by atoms with Crippen LogP contribution in [0.3, 0.4) is 0 Å². The molecule has 0 spiro atoms. The summed E-state index contributed by atoms with van der Waals surface area (Å²) < 4.78 is 49.3. The first kappa shape index (κ1) is 32.9. The van der Waals surface area contributed by atoms with Crippen LogP contribution >= 0.6 is 0 Å². The second-order valence-electron chi connectivity index (χ2n) is 8.72. The SMILES string of the molecule is CC(C)COCCOCCOCCOCCOCCOCCOCCOCCO[Si](C)(C)C. The maximum absolute atomic E-state index is 5.70. The topological polar surface area (TPSA) is 83.1 Å². The first-order valence-corrected chi connectivity index (χ1v) is 15.6. The molecule has 0 aromatic carbocycles. The van der Waals surface area contributed by atoms with Crippen LogP contribution in [0.25, 0.3) is 0 Å². The monoisotopic (exact) mass is 498 g/mol. The molecule has 200 valence electrons. The molecule has 0 aromatic rings. The first-order valence-electron chi connectivity index (χ1n) is 12.2. The quantitative estimate of drug-likeness (QED) is 0.125. The van der Waals surface area contributed by atoms with Crippen molar-refractivity contribution >= 4 is 8.32 Å². The van der Waals surface area contributed by atoms with E-state index in [1.807, 2.05) is 0 Å². The zero-order valence-electron chi connectivity index (χ0n) is 21.8. The first-order chi connectivity index (χ1) is 15.9. The van der Waals surface area contributed by atoms with Crippen LogP contribution in [-0.2, 0) is 42.3 Å². The van der Waals surface area contributed by atoms with Gasteiger partial charge < -0.3 is 42.3 Å². The molecule has 0 radical (unpaired) electrons. The van der Waals surface area contributed by atoms with Gasteiger partial charge in [0.25, 0.3) is 0 Å². The van der Waals surface area contributed by atoms with Gasteiger partial charge in [-0.1, -0.05) is 13.8 Å². The highest BCUT2D eigenvalue weighted by Crippen LogP contribution is 2.01. The maximum atomic E-state index is 5.70. The van der Waals surface area contributed by atoms with E-state index in [1.54, 1.807) is 0 Å². The van der Waals surface area contributed by atoms with E-state index in [0.29, 0.717) is 112 Å². The average molecular weight is 499 g/mol. The van der Waals surface area contributed by atoms with E-state index in [-0.39, 0.29) is 0 Å². The van der Waals surface area contributed by atoms with Gasteiger partial charge in [0, 0.05) is 6.61 Å². The summed E-state index contributed by atoms with van der Waals surface area (Å²) in [6.45, 7) is 20.6. The predicted octanol–water partition coefficient (Wildman–Crippen LogP) is 2.63. The summed E-state index contributed by atoms with van der Waals surface area (Å²) in [6.07, 6.45) is 0. The van der Waals surface area contributed by atoms with Crippen molar-refractivity contribution in [2.24, 2.45) is 5.92 Å². The van der Waals surface area contributed by atoms with Crippen molar-refractivity contribution in [1.82, 2.24) is 0 Å². The van der Waals surface area contributed by atoms with Crippen molar-refractivity contribution in [3.63, 3.8) is 0 Å². The molecular formula is C23H50O9Si. The normalized spacial score (nSPS) is 12.2. The Bertz CT molecular complexity index is 381. The van der Waals surface area contributed by atoms with Crippen LogP contribution in [0.5, 0.6) is 0 Å². The van der Waals surface area contributed by atoms with Gasteiger partial charge in [-0.3, -0.25) is 0 Å². The molecule has 0 N–H and O–H groups in total. The molecule has 0 heterocycles. The van der Waals surface area contributed by atoms with Crippen molar-refractivity contribution in [2.45, 2.75) is 33.5 Å². The lowest BCUT2D eigenvalue weighted by Gasteiger charge is -2.16. The van der Waals surface area contributed by atoms with E-state index in [2.05, 4.69) is 33.5 Å². The molecule has 0 bridgehead atoms. The van der Waals surface area contributed by atoms with Crippen molar-refractivity contribution in [1.29, 1.82) is 0 Å². The number of ether oxygens (including phenoxy) is 8. The summed E-state index contributed by atoms with van der Waals surface area (Å²) in [6, 6.07) is 0. The third kappa shape index (κ3) is 31.9. The van der Waals surface area contributed by atoms with Crippen molar-refractivity contribution in [2.75, 3.05) is 112 Å². The zero-order valence-corrected chi connectivity index (χ0v) is 22.8. The van der Waals surface area contributed by atoms with E-state index in [1.165, 1.54) is 0 Å². The average Bonchev–Trinajstić information content (AvgIpc) is 2.75. The minimum absolute atomic E-state index is 0.540. The number of hydrogen-bond acceptors (Lipinski definition) is 9. The Morgan fingerprint density at radius 2 is 0.636 bits per heavy atom. The van der Waals surface area contributed by atoms with E-state index < -0.39 is 8.32 Å². The molecule has 0 aliphatic rings. The summed E-state index contributed by atoms with van der Waals surface area (Å²) >= 11 is 0. The fourth-order valence-electron chi connectivity index (χ4n) is 2.27. The van der Waals surface area contributed by atoms with Gasteiger partial charge in [-0.15, -0.1) is 0 Å². The minimum Gasteiger partial charge on any atom is -0.415 e. The molecule has 0 aliphatic heterocycles. The Hall–Kier alpha value is -0.143. The Balaban J connectivity index is 3.04. The maximum Gasteiger partial charge on any atom is 0.183 e. The molecule has 0 saturated carbocycles. The molecule has 0 fully saturated rings. The fraction of sp³-hybridized carbons (Fsp3) is 1.00. The van der Waals surface area contributed by atoms with Crippen molar-refractivity contribution in [3.8, 4) is 0 Å². The lowest BCUT2D eigenvalue weighted by atomic mass is 10.2. The van der Waals surface area contributed by atoms with Gasteiger partial charge in [0.15, 0.2) is 8.32 Å². The highest BCUT2D eigenvalue weighted by Gasteiger charge is 2.12. The van der Waals surface area contributed by atoms with E-state index >= 15 is 0 Å². The number of rotatable bonds is 27. The fourth-order valence-corrected chi connectivity index (χ4v) is 2.96. The zero-order chi connectivity index (χ0) is 24.5. The Kier molecular flexibility index (Phi) is 24.9. The third-order valence-corrected chi connectivity index (χ3v) is 4.89. The lowest BCUT2D eigenvalue weighted by Crippen LogP contribution is -2.27. The lowest BCUT2D eigenvalue weighted by molar-refractivity contribution is -0.0242. The van der Waals surface area contributed by atoms with E-state index in [9.17, 15) is 0 Å². The van der Waals surface area contributed by atoms with Crippen LogP contribution in [0.4, 0.5) is 0 Å². The van der Waals surface area contributed by atoms with Crippen LogP contribution in [0.1, 0.15) is 13.8 Å². The van der Waals surface area contributed by atoms with Crippen molar-refractivity contribution in [3.05, 3.63) is 0 Å². The van der Waals surface area contributed by atoms with E-state index in [0.717, 1.165) is 6.61 Å². The van der Waals surface area contributed by atoms with Crippen molar-refractivity contribution < 1.29 is 42.3 Å². The molecule has 10 heteroatoms. The summed E-state index contributed by atoms with van der Waals surface area (Å²) in [5, 5.41) is 0. The van der Waals surface area contributed by atoms with Crippen LogP contribution in [0, 0.1) is 5.92 Å². The molecule has 0 saturated heterocycles. The number of hydrogen-bond donors (Lipinski definition) is 0. The van der Waals surface area contributed by atoms with Gasteiger partial charge in [0.1, 0.15) is 0 Å². The molecule has 0 rings (SSSR count). The van der Waals surface area contributed by atoms with Gasteiger partial charge in [-0.2, -0.15) is 0 Å². The summed E-state index contributed by atoms with van der Waals surface area (Å²) in [5.74, 6) is 0.555. The van der Waals surface area contributed by atoms with Gasteiger partial charge in [0.2, 0.25) is 0 Å². The molecule has 33 heavy (non-hydrogen) atoms. The summed E-state index contributed by atoms with van der Waals surface area (Å²) in [7, 11) is -1.44. The molecule has 0 aromatic heterocycles. The Morgan fingerprint density at radius 3 is 0.879 bits per heavy atom. The summed E-state index contributed by atoms with van der Waals surface area (Å²) in [5.41, 5.74) is 0. The smallest absolute Gasteiger partial charge is 0.183 e. The minimum atomic E-state index is -1.44.